The van der Waals surface area contributed by atoms with Crippen molar-refractivity contribution in [2.75, 3.05) is 19.3 Å². The molecule has 1 aromatic heterocycles. The van der Waals surface area contributed by atoms with E-state index >= 15 is 0 Å². The molecule has 30 heavy (non-hydrogen) atoms. The van der Waals surface area contributed by atoms with E-state index in [0.29, 0.717) is 0 Å². The van der Waals surface area contributed by atoms with Gasteiger partial charge in [0.15, 0.2) is 0 Å². The molecule has 4 aromatic carbocycles. The van der Waals surface area contributed by atoms with Crippen molar-refractivity contribution >= 4 is 33.2 Å². The maximum absolute atomic E-state index is 5.42. The topological polar surface area (TPSA) is 37.5 Å². The highest BCUT2D eigenvalue weighted by atomic mass is 16.7. The van der Waals surface area contributed by atoms with Crippen LogP contribution in [0.3, 0.4) is 0 Å². The molecule has 0 unspecified atom stereocenters. The zero-order chi connectivity index (χ0) is 20.8. The molecular formula is C26H24N2O2. The fourth-order valence-corrected chi connectivity index (χ4v) is 3.50. The van der Waals surface area contributed by atoms with E-state index in [-0.39, 0.29) is 0 Å². The van der Waals surface area contributed by atoms with Crippen LogP contribution in [0, 0.1) is 0 Å². The third-order valence-corrected chi connectivity index (χ3v) is 4.89. The number of nitrogens with one attached hydrogen (secondary N) is 1. The molecule has 0 aliphatic heterocycles. The Kier molecular flexibility index (Phi) is 5.97. The molecule has 150 valence electrons. The van der Waals surface area contributed by atoms with Crippen LogP contribution in [0.2, 0.25) is 0 Å². The van der Waals surface area contributed by atoms with E-state index in [1.165, 1.54) is 21.8 Å². The first-order chi connectivity index (χ1) is 14.8. The van der Waals surface area contributed by atoms with Gasteiger partial charge < -0.3 is 9.72 Å². The Morgan fingerprint density at radius 2 is 1.13 bits per heavy atom. The minimum Gasteiger partial charge on any atom is -0.494 e. The number of nitrogens with zero attached hydrogens (tertiary/aromatic N) is 1. The SMILES string of the molecule is COc1ccccc1N(OC)c1ccccc1.c1ccc2c(c1)[nH]c1ccccc12. The van der Waals surface area contributed by atoms with Gasteiger partial charge in [0.05, 0.1) is 19.9 Å². The number of ether oxygens (including phenoxy) is 1. The standard InChI is InChI=1S/C14H15NO2.C12H9N/c1-16-14-11-7-6-10-13(14)15(17-2)12-8-4-3-5-9-12;1-3-7-11-9(5-1)10-6-2-4-8-12(10)13-11/h3-11H,1-2H3;1-8,13H. The molecule has 0 atom stereocenters. The number of H-pyrrole nitrogens is 1. The van der Waals surface area contributed by atoms with E-state index in [1.54, 1.807) is 19.3 Å². The summed E-state index contributed by atoms with van der Waals surface area (Å²) in [6, 6.07) is 34.4. The zero-order valence-corrected chi connectivity index (χ0v) is 17.1. The fraction of sp³-hybridized carbons (Fsp3) is 0.0769. The van der Waals surface area contributed by atoms with Crippen molar-refractivity contribution in [2.24, 2.45) is 0 Å². The Hall–Kier alpha value is -3.76. The Labute approximate surface area is 176 Å². The van der Waals surface area contributed by atoms with Crippen LogP contribution in [0.1, 0.15) is 0 Å². The van der Waals surface area contributed by atoms with Crippen LogP contribution >= 0.6 is 0 Å². The van der Waals surface area contributed by atoms with Crippen LogP contribution in [0.25, 0.3) is 21.8 Å². The van der Waals surface area contributed by atoms with Crippen molar-refractivity contribution in [2.45, 2.75) is 0 Å². The first-order valence-electron chi connectivity index (χ1n) is 9.79. The van der Waals surface area contributed by atoms with Crippen molar-refractivity contribution in [1.82, 2.24) is 4.98 Å². The first kappa shape index (κ1) is 19.6. The molecule has 0 aliphatic rings. The number of hydrogen-bond donors (Lipinski definition) is 1. The monoisotopic (exact) mass is 396 g/mol. The van der Waals surface area contributed by atoms with E-state index in [4.69, 9.17) is 9.57 Å². The van der Waals surface area contributed by atoms with E-state index in [1.807, 2.05) is 54.6 Å². The van der Waals surface area contributed by atoms with Gasteiger partial charge in [-0.25, -0.2) is 5.06 Å². The molecule has 0 bridgehead atoms. The molecule has 4 heteroatoms. The van der Waals surface area contributed by atoms with E-state index in [9.17, 15) is 0 Å². The Morgan fingerprint density at radius 3 is 1.73 bits per heavy atom. The van der Waals surface area contributed by atoms with Gasteiger partial charge in [-0.2, -0.15) is 0 Å². The van der Waals surface area contributed by atoms with Gasteiger partial charge in [-0.1, -0.05) is 66.7 Å². The van der Waals surface area contributed by atoms with Gasteiger partial charge in [0.1, 0.15) is 11.4 Å². The molecular weight excluding hydrogens is 372 g/mol. The smallest absolute Gasteiger partial charge is 0.144 e. The van der Waals surface area contributed by atoms with Gasteiger partial charge in [0.25, 0.3) is 0 Å². The highest BCUT2D eigenvalue weighted by molar-refractivity contribution is 6.06. The van der Waals surface area contributed by atoms with Gasteiger partial charge in [-0.05, 0) is 36.4 Å². The Bertz CT molecular complexity index is 1180. The number of aromatic amines is 1. The number of anilines is 2. The summed E-state index contributed by atoms with van der Waals surface area (Å²) in [5.74, 6) is 0.776. The summed E-state index contributed by atoms with van der Waals surface area (Å²) in [7, 11) is 3.29. The second kappa shape index (κ2) is 9.16. The predicted octanol–water partition coefficient (Wildman–Crippen LogP) is 6.72. The largest absolute Gasteiger partial charge is 0.494 e. The molecule has 1 N–H and O–H groups in total. The second-order valence-electron chi connectivity index (χ2n) is 6.70. The molecule has 5 aromatic rings. The summed E-state index contributed by atoms with van der Waals surface area (Å²) in [5, 5.41) is 4.34. The number of rotatable bonds is 4. The number of para-hydroxylation sites is 5. The maximum atomic E-state index is 5.42. The second-order valence-corrected chi connectivity index (χ2v) is 6.70. The summed E-state index contributed by atoms with van der Waals surface area (Å²) in [4.78, 5) is 8.80. The number of fused-ring (bicyclic) bond motifs is 3. The van der Waals surface area contributed by atoms with Gasteiger partial charge in [0, 0.05) is 21.8 Å². The van der Waals surface area contributed by atoms with Gasteiger partial charge in [-0.3, -0.25) is 4.84 Å². The molecule has 0 fully saturated rings. The molecule has 0 saturated heterocycles. The highest BCUT2D eigenvalue weighted by Crippen LogP contribution is 2.33. The molecule has 0 radical (unpaired) electrons. The minimum absolute atomic E-state index is 0.776. The van der Waals surface area contributed by atoms with Gasteiger partial charge in [-0.15, -0.1) is 0 Å². The van der Waals surface area contributed by atoms with Crippen LogP contribution in [-0.2, 0) is 4.84 Å². The van der Waals surface area contributed by atoms with Crippen LogP contribution in [-0.4, -0.2) is 19.2 Å². The predicted molar refractivity (Wildman–Crippen MR) is 124 cm³/mol. The minimum atomic E-state index is 0.776. The maximum Gasteiger partial charge on any atom is 0.144 e. The molecule has 1 heterocycles. The molecule has 0 spiro atoms. The van der Waals surface area contributed by atoms with E-state index in [2.05, 4.69) is 53.5 Å². The highest BCUT2D eigenvalue weighted by Gasteiger charge is 2.12. The van der Waals surface area contributed by atoms with Gasteiger partial charge >= 0.3 is 0 Å². The number of methoxy groups -OCH3 is 1. The van der Waals surface area contributed by atoms with Crippen LogP contribution in [0.15, 0.2) is 103 Å². The zero-order valence-electron chi connectivity index (χ0n) is 17.1. The van der Waals surface area contributed by atoms with Crippen LogP contribution < -0.4 is 9.80 Å². The lowest BCUT2D eigenvalue weighted by Crippen LogP contribution is -2.15. The van der Waals surface area contributed by atoms with Crippen molar-refractivity contribution in [3.63, 3.8) is 0 Å². The van der Waals surface area contributed by atoms with Crippen molar-refractivity contribution in [3.8, 4) is 5.75 Å². The van der Waals surface area contributed by atoms with Crippen LogP contribution in [0.4, 0.5) is 11.4 Å². The average Bonchev–Trinajstić information content (AvgIpc) is 3.20. The number of benzene rings is 4. The van der Waals surface area contributed by atoms with Crippen LogP contribution in [0.5, 0.6) is 5.75 Å². The van der Waals surface area contributed by atoms with Gasteiger partial charge in [0.2, 0.25) is 0 Å². The lowest BCUT2D eigenvalue weighted by atomic mass is 10.2. The Morgan fingerprint density at radius 1 is 0.600 bits per heavy atom. The quantitative estimate of drug-likeness (QED) is 0.343. The van der Waals surface area contributed by atoms with Crippen molar-refractivity contribution < 1.29 is 9.57 Å². The van der Waals surface area contributed by atoms with Crippen molar-refractivity contribution in [1.29, 1.82) is 0 Å². The summed E-state index contributed by atoms with van der Waals surface area (Å²) in [6.45, 7) is 0. The first-order valence-corrected chi connectivity index (χ1v) is 9.79. The third-order valence-electron chi connectivity index (χ3n) is 4.89. The van der Waals surface area contributed by atoms with Crippen molar-refractivity contribution in [3.05, 3.63) is 103 Å². The van der Waals surface area contributed by atoms with E-state index in [0.717, 1.165) is 17.1 Å². The molecule has 0 amide bonds. The normalized spacial score (nSPS) is 10.5. The molecule has 5 rings (SSSR count). The lowest BCUT2D eigenvalue weighted by molar-refractivity contribution is 0.199. The average molecular weight is 396 g/mol. The number of hydrogen-bond acceptors (Lipinski definition) is 3. The summed E-state index contributed by atoms with van der Waals surface area (Å²) in [6.07, 6.45) is 0. The number of aromatic nitrogens is 1. The molecule has 0 saturated carbocycles. The molecule has 4 nitrogen and oxygen atoms in total. The lowest BCUT2D eigenvalue weighted by Gasteiger charge is -2.23. The fourth-order valence-electron chi connectivity index (χ4n) is 3.50. The summed E-state index contributed by atoms with van der Waals surface area (Å²) < 4.78 is 5.33. The summed E-state index contributed by atoms with van der Waals surface area (Å²) >= 11 is 0. The van der Waals surface area contributed by atoms with E-state index < -0.39 is 0 Å². The molecule has 0 aliphatic carbocycles. The Balaban J connectivity index is 0.000000150. The summed E-state index contributed by atoms with van der Waals surface area (Å²) in [5.41, 5.74) is 4.26. The third kappa shape index (κ3) is 4.00.